The van der Waals surface area contributed by atoms with E-state index in [-0.39, 0.29) is 11.8 Å². The van der Waals surface area contributed by atoms with Gasteiger partial charge in [0.05, 0.1) is 10.5 Å². The molecule has 2 aliphatic rings. The number of imide groups is 1. The van der Waals surface area contributed by atoms with Gasteiger partial charge in [-0.15, -0.1) is 11.8 Å². The molecule has 1 aromatic carbocycles. The zero-order valence-electron chi connectivity index (χ0n) is 9.24. The first-order valence-electron chi connectivity index (χ1n) is 5.32. The minimum absolute atomic E-state index is 0.258. The first-order chi connectivity index (χ1) is 8.22. The second-order valence-corrected chi connectivity index (χ2v) is 4.81. The van der Waals surface area contributed by atoms with Crippen LogP contribution in [0.3, 0.4) is 0 Å². The Morgan fingerprint density at radius 3 is 2.82 bits per heavy atom. The quantitative estimate of drug-likeness (QED) is 0.607. The number of hydrogen-bond acceptors (Lipinski definition) is 3. The SMILES string of the molecule is CSC1=CC[C+]2C(=O)NC(=O)c3cccc1c32. The summed E-state index contributed by atoms with van der Waals surface area (Å²) in [5, 5.41) is 2.38. The molecule has 3 nitrogen and oxygen atoms in total. The third kappa shape index (κ3) is 1.41. The molecule has 84 valence electrons. The highest BCUT2D eigenvalue weighted by molar-refractivity contribution is 8.07. The summed E-state index contributed by atoms with van der Waals surface area (Å²) in [7, 11) is 0. The smallest absolute Gasteiger partial charge is 0.265 e. The summed E-state index contributed by atoms with van der Waals surface area (Å²) in [6, 6.07) is 5.59. The largest absolute Gasteiger partial charge is 0.316 e. The number of benzene rings is 1. The lowest BCUT2D eigenvalue weighted by Gasteiger charge is -2.21. The Kier molecular flexibility index (Phi) is 2.26. The van der Waals surface area contributed by atoms with Crippen LogP contribution < -0.4 is 5.32 Å². The van der Waals surface area contributed by atoms with Crippen LogP contribution in [0.2, 0.25) is 0 Å². The Morgan fingerprint density at radius 2 is 2.06 bits per heavy atom. The van der Waals surface area contributed by atoms with Crippen molar-refractivity contribution in [2.24, 2.45) is 0 Å². The highest BCUT2D eigenvalue weighted by Crippen LogP contribution is 2.41. The van der Waals surface area contributed by atoms with E-state index in [1.165, 1.54) is 0 Å². The van der Waals surface area contributed by atoms with E-state index < -0.39 is 0 Å². The third-order valence-corrected chi connectivity index (χ3v) is 3.92. The Morgan fingerprint density at radius 1 is 1.29 bits per heavy atom. The van der Waals surface area contributed by atoms with Crippen molar-refractivity contribution in [3.05, 3.63) is 46.9 Å². The van der Waals surface area contributed by atoms with Crippen LogP contribution >= 0.6 is 11.8 Å². The van der Waals surface area contributed by atoms with Crippen molar-refractivity contribution in [1.82, 2.24) is 5.32 Å². The first-order valence-corrected chi connectivity index (χ1v) is 6.54. The summed E-state index contributed by atoms with van der Waals surface area (Å²) in [5.74, 6) is 0.150. The van der Waals surface area contributed by atoms with Gasteiger partial charge in [-0.3, -0.25) is 14.9 Å². The van der Waals surface area contributed by atoms with Crippen LogP contribution in [0.4, 0.5) is 0 Å². The Balaban J connectivity index is 2.28. The van der Waals surface area contributed by atoms with E-state index >= 15 is 0 Å². The Labute approximate surface area is 103 Å². The maximum absolute atomic E-state index is 11.8. The first kappa shape index (κ1) is 10.5. The second kappa shape index (κ2) is 3.67. The number of allylic oxidation sites excluding steroid dienone is 1. The van der Waals surface area contributed by atoms with Gasteiger partial charge < -0.3 is 0 Å². The van der Waals surface area contributed by atoms with Crippen molar-refractivity contribution in [3.63, 3.8) is 0 Å². The van der Waals surface area contributed by atoms with Crippen molar-refractivity contribution in [3.8, 4) is 0 Å². The Bertz CT molecular complexity index is 563. The highest BCUT2D eigenvalue weighted by atomic mass is 32.2. The molecule has 3 rings (SSSR count). The summed E-state index contributed by atoms with van der Waals surface area (Å²) in [4.78, 5) is 24.7. The molecule has 0 unspecified atom stereocenters. The predicted octanol–water partition coefficient (Wildman–Crippen LogP) is 1.99. The molecule has 1 aliphatic carbocycles. The lowest BCUT2D eigenvalue weighted by Crippen LogP contribution is -2.41. The van der Waals surface area contributed by atoms with E-state index in [0.717, 1.165) is 16.0 Å². The third-order valence-electron chi connectivity index (χ3n) is 3.09. The predicted molar refractivity (Wildman–Crippen MR) is 67.4 cm³/mol. The molecule has 0 radical (unpaired) electrons. The van der Waals surface area contributed by atoms with Crippen molar-refractivity contribution in [1.29, 1.82) is 0 Å². The minimum Gasteiger partial charge on any atom is -0.265 e. The van der Waals surface area contributed by atoms with Crippen LogP contribution in [0, 0.1) is 5.92 Å². The molecular formula is C13H10NO2S+. The number of amides is 2. The molecule has 2 amide bonds. The monoisotopic (exact) mass is 244 g/mol. The molecule has 0 aromatic heterocycles. The summed E-state index contributed by atoms with van der Waals surface area (Å²) in [5.41, 5.74) is 2.43. The number of hydrogen-bond donors (Lipinski definition) is 1. The molecule has 1 N–H and O–H groups in total. The van der Waals surface area contributed by atoms with E-state index in [1.54, 1.807) is 17.8 Å². The summed E-state index contributed by atoms with van der Waals surface area (Å²) < 4.78 is 0. The molecule has 4 heteroatoms. The van der Waals surface area contributed by atoms with Crippen LogP contribution in [-0.2, 0) is 4.79 Å². The molecule has 0 spiro atoms. The van der Waals surface area contributed by atoms with Gasteiger partial charge in [0.2, 0.25) is 0 Å². The zero-order chi connectivity index (χ0) is 12.0. The fourth-order valence-corrected chi connectivity index (χ4v) is 2.96. The lowest BCUT2D eigenvalue weighted by atomic mass is 9.81. The zero-order valence-corrected chi connectivity index (χ0v) is 10.1. The van der Waals surface area contributed by atoms with E-state index in [0.29, 0.717) is 17.9 Å². The number of carbonyl (C=O) groups is 2. The molecule has 0 bridgehead atoms. The van der Waals surface area contributed by atoms with Crippen LogP contribution in [0.25, 0.3) is 4.91 Å². The van der Waals surface area contributed by atoms with Crippen molar-refractivity contribution >= 4 is 28.5 Å². The van der Waals surface area contributed by atoms with Gasteiger partial charge in [-0.1, -0.05) is 0 Å². The summed E-state index contributed by atoms with van der Waals surface area (Å²) in [6.45, 7) is 0. The number of nitrogens with one attached hydrogen (secondary N) is 1. The standard InChI is InChI=1S/C13H9NO2S/c1-17-10-6-5-9-11-7(10)3-2-4-8(11)12(15)14-13(9)16/h2-4,6H,5H2,1H3/p+1. The molecule has 0 fully saturated rings. The highest BCUT2D eigenvalue weighted by Gasteiger charge is 2.44. The maximum atomic E-state index is 11.8. The van der Waals surface area contributed by atoms with Gasteiger partial charge in [0, 0.05) is 18.6 Å². The number of rotatable bonds is 1. The Hall–Kier alpha value is -1.68. The van der Waals surface area contributed by atoms with E-state index in [2.05, 4.69) is 5.32 Å². The number of carbonyl (C=O) groups excluding carboxylic acids is 2. The van der Waals surface area contributed by atoms with Crippen LogP contribution in [0.5, 0.6) is 0 Å². The minimum atomic E-state index is -0.294. The van der Waals surface area contributed by atoms with Crippen LogP contribution in [-0.4, -0.2) is 18.1 Å². The molecular weight excluding hydrogens is 234 g/mol. The molecule has 1 heterocycles. The molecule has 17 heavy (non-hydrogen) atoms. The average Bonchev–Trinajstić information content (AvgIpc) is 2.35. The van der Waals surface area contributed by atoms with Gasteiger partial charge in [-0.25, -0.2) is 0 Å². The maximum Gasteiger partial charge on any atom is 0.316 e. The topological polar surface area (TPSA) is 46.2 Å². The van der Waals surface area contributed by atoms with Crippen molar-refractivity contribution in [2.45, 2.75) is 6.42 Å². The van der Waals surface area contributed by atoms with Gasteiger partial charge in [-0.2, -0.15) is 0 Å². The van der Waals surface area contributed by atoms with Gasteiger partial charge in [0.25, 0.3) is 0 Å². The summed E-state index contributed by atoms with van der Waals surface area (Å²) >= 11 is 1.64. The van der Waals surface area contributed by atoms with Crippen molar-refractivity contribution < 1.29 is 9.59 Å². The van der Waals surface area contributed by atoms with Gasteiger partial charge >= 0.3 is 11.8 Å². The second-order valence-electron chi connectivity index (χ2n) is 3.97. The molecule has 0 atom stereocenters. The van der Waals surface area contributed by atoms with Crippen molar-refractivity contribution in [2.75, 3.05) is 6.26 Å². The van der Waals surface area contributed by atoms with Crippen LogP contribution in [0.1, 0.15) is 27.9 Å². The fourth-order valence-electron chi connectivity index (χ4n) is 2.32. The van der Waals surface area contributed by atoms with Crippen LogP contribution in [0.15, 0.2) is 24.3 Å². The van der Waals surface area contributed by atoms with Gasteiger partial charge in [0.1, 0.15) is 5.92 Å². The normalized spacial score (nSPS) is 17.5. The summed E-state index contributed by atoms with van der Waals surface area (Å²) in [6.07, 6.45) is 4.64. The van der Waals surface area contributed by atoms with E-state index in [4.69, 9.17) is 0 Å². The number of thioether (sulfide) groups is 1. The van der Waals surface area contributed by atoms with E-state index in [9.17, 15) is 9.59 Å². The lowest BCUT2D eigenvalue weighted by molar-refractivity contribution is -0.118. The average molecular weight is 244 g/mol. The van der Waals surface area contributed by atoms with E-state index in [1.807, 2.05) is 24.5 Å². The van der Waals surface area contributed by atoms with Gasteiger partial charge in [0.15, 0.2) is 11.1 Å². The molecule has 1 aliphatic heterocycles. The molecule has 1 aromatic rings. The molecule has 0 saturated carbocycles. The van der Waals surface area contributed by atoms with Gasteiger partial charge in [-0.05, 0) is 18.4 Å². The molecule has 0 saturated heterocycles. The fraction of sp³-hybridized carbons (Fsp3) is 0.154.